The molecule has 43 heavy (non-hydrogen) atoms. The summed E-state index contributed by atoms with van der Waals surface area (Å²) in [5, 5.41) is 7.60. The molecule has 1 amide bonds. The van der Waals surface area contributed by atoms with Crippen LogP contribution in [0.4, 0.5) is 0 Å². The van der Waals surface area contributed by atoms with Crippen LogP contribution in [0.5, 0.6) is 5.75 Å². The number of azide groups is 1. The summed E-state index contributed by atoms with van der Waals surface area (Å²) in [6.45, 7) is 4.81. The molecule has 0 aliphatic carbocycles. The Morgan fingerprint density at radius 1 is 0.860 bits per heavy atom. The van der Waals surface area contributed by atoms with Crippen LogP contribution in [0.1, 0.15) is 44.5 Å². The average molecular weight is 601 g/mol. The normalized spacial score (nSPS) is 21.1. The van der Waals surface area contributed by atoms with Gasteiger partial charge in [0.1, 0.15) is 18.5 Å². The molecule has 1 aliphatic heterocycles. The molecular formula is C28H32N4O11. The summed E-state index contributed by atoms with van der Waals surface area (Å²) in [6.07, 6.45) is -6.07. The maximum atomic E-state index is 12.5. The molecule has 0 bridgehead atoms. The van der Waals surface area contributed by atoms with Crippen molar-refractivity contribution in [3.8, 4) is 5.75 Å². The third-order valence-corrected chi connectivity index (χ3v) is 6.06. The third kappa shape index (κ3) is 9.58. The number of rotatable bonds is 12. The van der Waals surface area contributed by atoms with Gasteiger partial charge in [-0.2, -0.15) is 0 Å². The minimum atomic E-state index is -1.38. The highest BCUT2D eigenvalue weighted by atomic mass is 16.7. The lowest BCUT2D eigenvalue weighted by Gasteiger charge is -2.43. The molecule has 5 atom stereocenters. The number of esters is 4. The van der Waals surface area contributed by atoms with Gasteiger partial charge in [0.2, 0.25) is 12.4 Å². The number of hydrogen-bond donors (Lipinski definition) is 1. The molecule has 1 aliphatic rings. The van der Waals surface area contributed by atoms with Gasteiger partial charge in [-0.1, -0.05) is 17.2 Å². The zero-order valence-corrected chi connectivity index (χ0v) is 24.0. The quantitative estimate of drug-likeness (QED) is 0.0937. The van der Waals surface area contributed by atoms with Crippen LogP contribution in [0.25, 0.3) is 21.2 Å². The number of nitrogens with one attached hydrogen (secondary N) is 1. The van der Waals surface area contributed by atoms with Crippen molar-refractivity contribution >= 4 is 40.6 Å². The Morgan fingerprint density at radius 3 is 2.14 bits per heavy atom. The molecular weight excluding hydrogens is 568 g/mol. The summed E-state index contributed by atoms with van der Waals surface area (Å²) in [6, 6.07) is 9.99. The minimum absolute atomic E-state index is 0.267. The number of fused-ring (bicyclic) bond motifs is 1. The number of nitrogens with zero attached hydrogens (tertiary/aromatic N) is 3. The molecule has 230 valence electrons. The zero-order valence-electron chi connectivity index (χ0n) is 24.0. The van der Waals surface area contributed by atoms with Gasteiger partial charge in [-0.15, -0.1) is 0 Å². The number of benzene rings is 2. The topological polar surface area (TPSA) is 202 Å². The number of hydrogen-bond acceptors (Lipinski definition) is 12. The molecule has 2 aromatic carbocycles. The first kappa shape index (κ1) is 32.6. The van der Waals surface area contributed by atoms with Crippen molar-refractivity contribution in [2.24, 2.45) is 5.11 Å². The second-order valence-electron chi connectivity index (χ2n) is 9.47. The van der Waals surface area contributed by atoms with Crippen molar-refractivity contribution in [2.45, 2.75) is 64.8 Å². The molecule has 0 spiro atoms. The van der Waals surface area contributed by atoms with Crippen LogP contribution in [0, 0.1) is 0 Å². The van der Waals surface area contributed by atoms with E-state index in [0.29, 0.717) is 23.9 Å². The minimum Gasteiger partial charge on any atom is -0.463 e. The van der Waals surface area contributed by atoms with Crippen LogP contribution in [0.2, 0.25) is 0 Å². The van der Waals surface area contributed by atoms with E-state index >= 15 is 0 Å². The molecule has 0 unspecified atom stereocenters. The number of ether oxygens (including phenoxy) is 6. The van der Waals surface area contributed by atoms with Crippen molar-refractivity contribution in [3.05, 3.63) is 52.4 Å². The van der Waals surface area contributed by atoms with Crippen molar-refractivity contribution in [2.75, 3.05) is 19.7 Å². The molecule has 0 aromatic heterocycles. The summed E-state index contributed by atoms with van der Waals surface area (Å²) >= 11 is 0. The van der Waals surface area contributed by atoms with Gasteiger partial charge >= 0.3 is 23.9 Å². The fourth-order valence-corrected chi connectivity index (χ4v) is 4.35. The summed E-state index contributed by atoms with van der Waals surface area (Å²) in [5.74, 6) is -2.90. The summed E-state index contributed by atoms with van der Waals surface area (Å²) in [4.78, 5) is 62.7. The van der Waals surface area contributed by atoms with Crippen LogP contribution < -0.4 is 10.1 Å². The van der Waals surface area contributed by atoms with Gasteiger partial charge in [0.05, 0.1) is 0 Å². The number of carbonyl (C=O) groups excluding carboxylic acids is 5. The second kappa shape index (κ2) is 15.4. The Morgan fingerprint density at radius 2 is 1.49 bits per heavy atom. The first-order valence-electron chi connectivity index (χ1n) is 13.3. The van der Waals surface area contributed by atoms with Crippen molar-refractivity contribution in [3.63, 3.8) is 0 Å². The van der Waals surface area contributed by atoms with Gasteiger partial charge in [-0.3, -0.25) is 24.0 Å². The SMILES string of the molecule is CC(=O)OC[C@H]1O[C@@H](Oc2ccc3cc(C(=O)NCCCN=[N+]=[N-])ccc3c2)[C@H](OC(C)=O)[C@@H](OC(C)=O)[C@H]1OC(C)=O. The smallest absolute Gasteiger partial charge is 0.303 e. The standard InChI is InChI=1S/C28H32N4O11/c1-15(33)38-14-23-24(39-16(2)34)25(40-17(3)35)26(41-18(4)36)28(43-23)42-22-9-8-19-12-21(7-6-20(19)13-22)27(37)30-10-5-11-31-32-29/h6-9,12-13,23-26,28H,5,10-11,14H2,1-4H3,(H,30,37)/t23-,24+,25+,26-,28-/m1/s1. The number of amides is 1. The molecule has 15 nitrogen and oxygen atoms in total. The molecule has 1 N–H and O–H groups in total. The Bertz CT molecular complexity index is 1410. The summed E-state index contributed by atoms with van der Waals surface area (Å²) in [7, 11) is 0. The van der Waals surface area contributed by atoms with Gasteiger partial charge in [0, 0.05) is 51.3 Å². The largest absolute Gasteiger partial charge is 0.463 e. The lowest BCUT2D eigenvalue weighted by molar-refractivity contribution is -0.288. The molecule has 15 heteroatoms. The van der Waals surface area contributed by atoms with E-state index in [1.165, 1.54) is 6.92 Å². The maximum absolute atomic E-state index is 12.5. The lowest BCUT2D eigenvalue weighted by atomic mass is 9.98. The average Bonchev–Trinajstić information content (AvgIpc) is 2.94. The summed E-state index contributed by atoms with van der Waals surface area (Å²) in [5.41, 5.74) is 8.75. The molecule has 1 fully saturated rings. The van der Waals surface area contributed by atoms with E-state index < -0.39 is 54.6 Å². The fraction of sp³-hybridized carbons (Fsp3) is 0.464. The summed E-state index contributed by atoms with van der Waals surface area (Å²) < 4.78 is 33.3. The Kier molecular flexibility index (Phi) is 11.7. The Hall–Kier alpha value is -4.88. The second-order valence-corrected chi connectivity index (χ2v) is 9.47. The van der Waals surface area contributed by atoms with Crippen LogP contribution in [-0.2, 0) is 42.9 Å². The third-order valence-electron chi connectivity index (χ3n) is 6.06. The van der Waals surface area contributed by atoms with Crippen LogP contribution in [-0.4, -0.2) is 80.2 Å². The molecule has 3 rings (SSSR count). The van der Waals surface area contributed by atoms with E-state index in [9.17, 15) is 24.0 Å². The first-order chi connectivity index (χ1) is 20.5. The van der Waals surface area contributed by atoms with Crippen molar-refractivity contribution < 1.29 is 52.4 Å². The van der Waals surface area contributed by atoms with Gasteiger partial charge in [-0.05, 0) is 47.0 Å². The van der Waals surface area contributed by atoms with E-state index in [4.69, 9.17) is 34.0 Å². The molecule has 1 heterocycles. The highest BCUT2D eigenvalue weighted by Crippen LogP contribution is 2.32. The van der Waals surface area contributed by atoms with Crippen LogP contribution >= 0.6 is 0 Å². The van der Waals surface area contributed by atoms with Gasteiger partial charge < -0.3 is 33.7 Å². The van der Waals surface area contributed by atoms with Gasteiger partial charge in [0.15, 0.2) is 12.2 Å². The van der Waals surface area contributed by atoms with E-state index in [1.54, 1.807) is 36.4 Å². The molecule has 2 aromatic rings. The first-order valence-corrected chi connectivity index (χ1v) is 13.3. The van der Waals surface area contributed by atoms with Crippen molar-refractivity contribution in [1.82, 2.24) is 5.32 Å². The molecule has 0 radical (unpaired) electrons. The molecule has 0 saturated carbocycles. The maximum Gasteiger partial charge on any atom is 0.303 e. The van der Waals surface area contributed by atoms with E-state index in [2.05, 4.69) is 15.3 Å². The van der Waals surface area contributed by atoms with E-state index in [0.717, 1.165) is 26.2 Å². The predicted octanol–water partition coefficient (Wildman–Crippen LogP) is 2.73. The highest BCUT2D eigenvalue weighted by Gasteiger charge is 2.53. The van der Waals surface area contributed by atoms with Gasteiger partial charge in [-0.25, -0.2) is 0 Å². The predicted molar refractivity (Wildman–Crippen MR) is 147 cm³/mol. The lowest BCUT2D eigenvalue weighted by Crippen LogP contribution is -2.63. The highest BCUT2D eigenvalue weighted by molar-refractivity contribution is 5.98. The Labute approximate surface area is 246 Å². The zero-order chi connectivity index (χ0) is 31.5. The van der Waals surface area contributed by atoms with Crippen LogP contribution in [0.3, 0.4) is 0 Å². The number of carbonyl (C=O) groups is 5. The monoisotopic (exact) mass is 600 g/mol. The Balaban J connectivity index is 1.88. The van der Waals surface area contributed by atoms with E-state index in [-0.39, 0.29) is 24.8 Å². The van der Waals surface area contributed by atoms with Crippen LogP contribution in [0.15, 0.2) is 41.5 Å². The molecule has 1 saturated heterocycles. The van der Waals surface area contributed by atoms with Gasteiger partial charge in [0.25, 0.3) is 5.91 Å². The van der Waals surface area contributed by atoms with Crippen molar-refractivity contribution in [1.29, 1.82) is 0 Å². The van der Waals surface area contributed by atoms with E-state index in [1.807, 2.05) is 0 Å². The fourth-order valence-electron chi connectivity index (χ4n) is 4.35.